The maximum absolute atomic E-state index is 11.4. The summed E-state index contributed by atoms with van der Waals surface area (Å²) in [7, 11) is 0. The molecule has 0 aliphatic carbocycles. The molecule has 6 heteroatoms. The standard InChI is InChI=1S/C7H5N3O3/c8-5(11)4-3-9-7-10(6(4)12)1-2-13-7/h1-3H,(H2,8,11). The number of fused-ring (bicyclic) bond motifs is 1. The molecule has 0 atom stereocenters. The molecule has 6 nitrogen and oxygen atoms in total. The largest absolute Gasteiger partial charge is 0.432 e. The normalized spacial score (nSPS) is 10.5. The number of primary amides is 1. The van der Waals surface area contributed by atoms with E-state index in [1.807, 2.05) is 0 Å². The summed E-state index contributed by atoms with van der Waals surface area (Å²) >= 11 is 0. The molecule has 0 radical (unpaired) electrons. The average Bonchev–Trinajstić information content (AvgIpc) is 2.52. The van der Waals surface area contributed by atoms with Gasteiger partial charge in [0.15, 0.2) is 0 Å². The lowest BCUT2D eigenvalue weighted by atomic mass is 10.3. The minimum atomic E-state index is -0.798. The van der Waals surface area contributed by atoms with Crippen molar-refractivity contribution in [2.45, 2.75) is 0 Å². The van der Waals surface area contributed by atoms with Gasteiger partial charge >= 0.3 is 5.84 Å². The van der Waals surface area contributed by atoms with E-state index in [-0.39, 0.29) is 11.4 Å². The molecule has 2 heterocycles. The van der Waals surface area contributed by atoms with Crippen LogP contribution in [0.3, 0.4) is 0 Å². The zero-order valence-corrected chi connectivity index (χ0v) is 6.43. The number of oxazole rings is 1. The molecule has 2 aromatic rings. The van der Waals surface area contributed by atoms with Gasteiger partial charge in [-0.25, -0.2) is 9.38 Å². The van der Waals surface area contributed by atoms with Crippen LogP contribution in [0.5, 0.6) is 0 Å². The van der Waals surface area contributed by atoms with Crippen LogP contribution in [0.15, 0.2) is 27.9 Å². The SMILES string of the molecule is NC(=O)c1cnc2occn2c1=O. The molecule has 0 fully saturated rings. The fourth-order valence-corrected chi connectivity index (χ4v) is 0.994. The average molecular weight is 179 g/mol. The zero-order chi connectivity index (χ0) is 9.42. The highest BCUT2D eigenvalue weighted by Crippen LogP contribution is 1.97. The molecule has 1 amide bonds. The fourth-order valence-electron chi connectivity index (χ4n) is 0.994. The lowest BCUT2D eigenvalue weighted by Crippen LogP contribution is -2.26. The van der Waals surface area contributed by atoms with Crippen LogP contribution in [0, 0.1) is 0 Å². The Hall–Kier alpha value is -2.11. The van der Waals surface area contributed by atoms with Crippen molar-refractivity contribution in [3.05, 3.63) is 34.6 Å². The van der Waals surface area contributed by atoms with Gasteiger partial charge in [0.1, 0.15) is 11.8 Å². The maximum Gasteiger partial charge on any atom is 0.308 e. The molecule has 2 aromatic heterocycles. The van der Waals surface area contributed by atoms with Gasteiger partial charge in [0, 0.05) is 0 Å². The topological polar surface area (TPSA) is 90.6 Å². The Morgan fingerprint density at radius 2 is 2.38 bits per heavy atom. The van der Waals surface area contributed by atoms with Gasteiger partial charge in [0.2, 0.25) is 0 Å². The van der Waals surface area contributed by atoms with Gasteiger partial charge in [-0.3, -0.25) is 9.59 Å². The first-order valence-electron chi connectivity index (χ1n) is 3.45. The van der Waals surface area contributed by atoms with Crippen LogP contribution in [0.4, 0.5) is 0 Å². The molecular weight excluding hydrogens is 174 g/mol. The van der Waals surface area contributed by atoms with Crippen molar-refractivity contribution in [2.24, 2.45) is 5.73 Å². The lowest BCUT2D eigenvalue weighted by molar-refractivity contribution is 0.0998. The summed E-state index contributed by atoms with van der Waals surface area (Å²) in [5, 5.41) is 0. The molecule has 0 saturated carbocycles. The molecule has 2 N–H and O–H groups in total. The Kier molecular flexibility index (Phi) is 1.42. The first-order chi connectivity index (χ1) is 6.20. The Balaban J connectivity index is 2.89. The zero-order valence-electron chi connectivity index (χ0n) is 6.43. The Bertz CT molecular complexity index is 525. The third-order valence-electron chi connectivity index (χ3n) is 1.61. The van der Waals surface area contributed by atoms with Gasteiger partial charge in [0.05, 0.1) is 12.4 Å². The first kappa shape index (κ1) is 7.53. The van der Waals surface area contributed by atoms with Crippen LogP contribution >= 0.6 is 0 Å². The number of amides is 1. The number of nitrogens with two attached hydrogens (primary N) is 1. The Morgan fingerprint density at radius 1 is 1.62 bits per heavy atom. The highest BCUT2D eigenvalue weighted by atomic mass is 16.3. The summed E-state index contributed by atoms with van der Waals surface area (Å²) < 4.78 is 5.94. The van der Waals surface area contributed by atoms with Crippen LogP contribution in [-0.2, 0) is 0 Å². The fraction of sp³-hybridized carbons (Fsp3) is 0. The molecular formula is C7H5N3O3. The van der Waals surface area contributed by atoms with Crippen molar-refractivity contribution in [3.63, 3.8) is 0 Å². The molecule has 66 valence electrons. The molecule has 0 spiro atoms. The second-order valence-corrected chi connectivity index (χ2v) is 2.40. The van der Waals surface area contributed by atoms with E-state index >= 15 is 0 Å². The maximum atomic E-state index is 11.4. The summed E-state index contributed by atoms with van der Waals surface area (Å²) in [5.41, 5.74) is 4.28. The summed E-state index contributed by atoms with van der Waals surface area (Å²) in [6, 6.07) is 0. The van der Waals surface area contributed by atoms with Crippen molar-refractivity contribution in [1.29, 1.82) is 0 Å². The lowest BCUT2D eigenvalue weighted by Gasteiger charge is -1.93. The summed E-state index contributed by atoms with van der Waals surface area (Å²) in [6.07, 6.45) is 3.77. The summed E-state index contributed by atoms with van der Waals surface area (Å²) in [6.45, 7) is 0. The Morgan fingerprint density at radius 3 is 3.08 bits per heavy atom. The quantitative estimate of drug-likeness (QED) is 0.631. The molecule has 0 unspecified atom stereocenters. The molecule has 0 saturated heterocycles. The highest BCUT2D eigenvalue weighted by Gasteiger charge is 2.10. The third-order valence-corrected chi connectivity index (χ3v) is 1.61. The van der Waals surface area contributed by atoms with Crippen molar-refractivity contribution in [2.75, 3.05) is 0 Å². The van der Waals surface area contributed by atoms with Gasteiger partial charge in [0.25, 0.3) is 11.5 Å². The minimum absolute atomic E-state index is 0.134. The Labute approximate surface area is 71.6 Å². The molecule has 2 rings (SSSR count). The number of carbonyl (C=O) groups excluding carboxylic acids is 1. The van der Waals surface area contributed by atoms with E-state index in [4.69, 9.17) is 10.2 Å². The van der Waals surface area contributed by atoms with Gasteiger partial charge < -0.3 is 10.2 Å². The number of rotatable bonds is 1. The predicted octanol–water partition coefficient (Wildman–Crippen LogP) is -0.614. The minimum Gasteiger partial charge on any atom is -0.432 e. The molecule has 0 aliphatic heterocycles. The predicted molar refractivity (Wildman–Crippen MR) is 42.2 cm³/mol. The van der Waals surface area contributed by atoms with Crippen LogP contribution < -0.4 is 11.3 Å². The van der Waals surface area contributed by atoms with Gasteiger partial charge in [-0.2, -0.15) is 0 Å². The van der Waals surface area contributed by atoms with Gasteiger partial charge in [-0.05, 0) is 0 Å². The molecule has 0 aliphatic rings. The smallest absolute Gasteiger partial charge is 0.308 e. The second kappa shape index (κ2) is 2.44. The van der Waals surface area contributed by atoms with E-state index < -0.39 is 11.5 Å². The summed E-state index contributed by atoms with van der Waals surface area (Å²) in [4.78, 5) is 25.8. The molecule has 13 heavy (non-hydrogen) atoms. The van der Waals surface area contributed by atoms with Crippen LogP contribution in [0.25, 0.3) is 5.84 Å². The van der Waals surface area contributed by atoms with Crippen LogP contribution in [-0.4, -0.2) is 15.3 Å². The highest BCUT2D eigenvalue weighted by molar-refractivity contribution is 5.92. The van der Waals surface area contributed by atoms with E-state index in [0.29, 0.717) is 0 Å². The van der Waals surface area contributed by atoms with Crippen molar-refractivity contribution in [3.8, 4) is 0 Å². The van der Waals surface area contributed by atoms with Gasteiger partial charge in [-0.1, -0.05) is 0 Å². The first-order valence-corrected chi connectivity index (χ1v) is 3.45. The van der Waals surface area contributed by atoms with Gasteiger partial charge in [-0.15, -0.1) is 0 Å². The van der Waals surface area contributed by atoms with Crippen LogP contribution in [0.2, 0.25) is 0 Å². The molecule has 0 bridgehead atoms. The third kappa shape index (κ3) is 0.994. The van der Waals surface area contributed by atoms with Crippen LogP contribution in [0.1, 0.15) is 10.4 Å². The van der Waals surface area contributed by atoms with E-state index in [9.17, 15) is 9.59 Å². The monoisotopic (exact) mass is 179 g/mol. The van der Waals surface area contributed by atoms with E-state index in [1.54, 1.807) is 0 Å². The van der Waals surface area contributed by atoms with Crippen molar-refractivity contribution < 1.29 is 9.21 Å². The van der Waals surface area contributed by atoms with E-state index in [0.717, 1.165) is 10.6 Å². The molecule has 0 aromatic carbocycles. The van der Waals surface area contributed by atoms with Crippen molar-refractivity contribution in [1.82, 2.24) is 9.38 Å². The summed E-state index contributed by atoms with van der Waals surface area (Å²) in [5.74, 6) is -0.664. The van der Waals surface area contributed by atoms with E-state index in [1.165, 1.54) is 12.5 Å². The number of hydrogen-bond donors (Lipinski definition) is 1. The number of nitrogens with zero attached hydrogens (tertiary/aromatic N) is 2. The van der Waals surface area contributed by atoms with E-state index in [2.05, 4.69) is 4.98 Å². The van der Waals surface area contributed by atoms with Crippen molar-refractivity contribution >= 4 is 11.8 Å². The number of hydrogen-bond acceptors (Lipinski definition) is 4. The number of carbonyl (C=O) groups is 1. The second-order valence-electron chi connectivity index (χ2n) is 2.40. The number of aromatic nitrogens is 2.